The summed E-state index contributed by atoms with van der Waals surface area (Å²) in [6, 6.07) is 21.5. The minimum atomic E-state index is -0.211. The van der Waals surface area contributed by atoms with E-state index in [-0.39, 0.29) is 23.8 Å². The highest BCUT2D eigenvalue weighted by molar-refractivity contribution is 6.05. The highest BCUT2D eigenvalue weighted by atomic mass is 16.2. The van der Waals surface area contributed by atoms with Gasteiger partial charge < -0.3 is 15.5 Å². The van der Waals surface area contributed by atoms with Crippen LogP contribution in [0.3, 0.4) is 0 Å². The first-order valence-corrected chi connectivity index (χ1v) is 13.4. The Bertz CT molecular complexity index is 1350. The van der Waals surface area contributed by atoms with Gasteiger partial charge in [-0.05, 0) is 79.3 Å². The summed E-state index contributed by atoms with van der Waals surface area (Å²) in [6.07, 6.45) is 3.02. The van der Waals surface area contributed by atoms with Gasteiger partial charge in [0.2, 0.25) is 11.8 Å². The van der Waals surface area contributed by atoms with Crippen LogP contribution in [-0.2, 0) is 22.6 Å². The first-order chi connectivity index (χ1) is 18.4. The number of nitrogens with one attached hydrogen (secondary N) is 2. The maximum absolute atomic E-state index is 13.4. The van der Waals surface area contributed by atoms with Crippen molar-refractivity contribution in [3.8, 4) is 11.1 Å². The molecule has 38 heavy (non-hydrogen) atoms. The second-order valence-electron chi connectivity index (χ2n) is 10.0. The molecule has 0 saturated carbocycles. The van der Waals surface area contributed by atoms with Crippen LogP contribution in [0.5, 0.6) is 0 Å². The van der Waals surface area contributed by atoms with Gasteiger partial charge in [0.1, 0.15) is 0 Å². The van der Waals surface area contributed by atoms with Crippen molar-refractivity contribution >= 4 is 29.1 Å². The summed E-state index contributed by atoms with van der Waals surface area (Å²) < 4.78 is 0. The Balaban J connectivity index is 1.42. The van der Waals surface area contributed by atoms with Gasteiger partial charge in [0, 0.05) is 43.5 Å². The van der Waals surface area contributed by atoms with Gasteiger partial charge >= 0.3 is 0 Å². The van der Waals surface area contributed by atoms with E-state index in [2.05, 4.69) is 27.7 Å². The Labute approximate surface area is 223 Å². The van der Waals surface area contributed by atoms with Crippen molar-refractivity contribution in [1.82, 2.24) is 10.2 Å². The number of aryl methyl sites for hydroxylation is 1. The van der Waals surface area contributed by atoms with Crippen LogP contribution in [-0.4, -0.2) is 48.8 Å². The third kappa shape index (κ3) is 5.34. The smallest absolute Gasteiger partial charge is 0.255 e. The fourth-order valence-electron chi connectivity index (χ4n) is 5.50. The van der Waals surface area contributed by atoms with Crippen LogP contribution in [0.2, 0.25) is 0 Å². The molecule has 0 aliphatic carbocycles. The standard InChI is InChI=1S/C31H34N4O3/c1-3-32-31(38)27-10-7-17-35(27)20-24-18-23(12-15-26(24)21-8-5-4-6-9-21)30(37)33-25-14-11-22-13-16-29(36)34(2)28(22)19-25/h4-6,8-9,11-12,14-15,18-19,27H,3,7,10,13,16-17,20H2,1-2H3,(H,32,38)(H,33,37). The number of carbonyl (C=O) groups is 3. The molecule has 196 valence electrons. The summed E-state index contributed by atoms with van der Waals surface area (Å²) >= 11 is 0. The molecule has 2 N–H and O–H groups in total. The van der Waals surface area contributed by atoms with E-state index >= 15 is 0 Å². The second kappa shape index (κ2) is 11.2. The number of anilines is 2. The highest BCUT2D eigenvalue weighted by Crippen LogP contribution is 2.31. The van der Waals surface area contributed by atoms with Crippen LogP contribution in [0.25, 0.3) is 11.1 Å². The molecule has 0 radical (unpaired) electrons. The highest BCUT2D eigenvalue weighted by Gasteiger charge is 2.31. The Morgan fingerprint density at radius 2 is 1.82 bits per heavy atom. The van der Waals surface area contributed by atoms with E-state index < -0.39 is 0 Å². The number of nitrogens with zero attached hydrogens (tertiary/aromatic N) is 2. The Kier molecular flexibility index (Phi) is 7.56. The average Bonchev–Trinajstić information content (AvgIpc) is 3.40. The van der Waals surface area contributed by atoms with Crippen LogP contribution in [0.1, 0.15) is 47.7 Å². The van der Waals surface area contributed by atoms with E-state index in [9.17, 15) is 14.4 Å². The molecule has 0 spiro atoms. The normalized spacial score (nSPS) is 17.3. The van der Waals surface area contributed by atoms with Crippen molar-refractivity contribution in [1.29, 1.82) is 0 Å². The summed E-state index contributed by atoms with van der Waals surface area (Å²) in [5, 5.41) is 5.98. The monoisotopic (exact) mass is 510 g/mol. The summed E-state index contributed by atoms with van der Waals surface area (Å²) in [6.45, 7) is 3.97. The molecule has 0 aromatic heterocycles. The minimum absolute atomic E-state index is 0.0658. The number of carbonyl (C=O) groups excluding carboxylic acids is 3. The van der Waals surface area contributed by atoms with Crippen LogP contribution >= 0.6 is 0 Å². The zero-order valence-corrected chi connectivity index (χ0v) is 22.0. The van der Waals surface area contributed by atoms with Crippen molar-refractivity contribution in [2.45, 2.75) is 45.2 Å². The first-order valence-electron chi connectivity index (χ1n) is 13.4. The third-order valence-corrected chi connectivity index (χ3v) is 7.53. The number of likely N-dealkylation sites (N-methyl/N-ethyl adjacent to an activating group) is 1. The average molecular weight is 511 g/mol. The van der Waals surface area contributed by atoms with E-state index in [0.717, 1.165) is 47.3 Å². The minimum Gasteiger partial charge on any atom is -0.355 e. The molecule has 2 aliphatic heterocycles. The van der Waals surface area contributed by atoms with Crippen LogP contribution in [0.4, 0.5) is 11.4 Å². The fourth-order valence-corrected chi connectivity index (χ4v) is 5.50. The SMILES string of the molecule is CCNC(=O)C1CCCN1Cc1cc(C(=O)Nc2ccc3c(c2)N(C)C(=O)CC3)ccc1-c1ccccc1. The summed E-state index contributed by atoms with van der Waals surface area (Å²) in [4.78, 5) is 42.1. The zero-order valence-electron chi connectivity index (χ0n) is 22.0. The molecular formula is C31H34N4O3. The molecule has 1 unspecified atom stereocenters. The van der Waals surface area contributed by atoms with Crippen molar-refractivity contribution in [3.63, 3.8) is 0 Å². The van der Waals surface area contributed by atoms with Crippen molar-refractivity contribution < 1.29 is 14.4 Å². The Morgan fingerprint density at radius 1 is 1.00 bits per heavy atom. The molecule has 3 aromatic rings. The number of benzene rings is 3. The molecule has 0 bridgehead atoms. The van der Waals surface area contributed by atoms with Gasteiger partial charge in [-0.25, -0.2) is 0 Å². The molecule has 7 heteroatoms. The molecular weight excluding hydrogens is 476 g/mol. The molecule has 7 nitrogen and oxygen atoms in total. The van der Waals surface area contributed by atoms with Crippen LogP contribution in [0.15, 0.2) is 66.7 Å². The van der Waals surface area contributed by atoms with Crippen LogP contribution < -0.4 is 15.5 Å². The molecule has 2 aliphatic rings. The van der Waals surface area contributed by atoms with Gasteiger partial charge in [0.05, 0.1) is 6.04 Å². The molecule has 3 aromatic carbocycles. The fraction of sp³-hybridized carbons (Fsp3) is 0.323. The van der Waals surface area contributed by atoms with Crippen molar-refractivity contribution in [2.24, 2.45) is 0 Å². The maximum Gasteiger partial charge on any atom is 0.255 e. The van der Waals surface area contributed by atoms with Gasteiger partial charge in [-0.1, -0.05) is 42.5 Å². The molecule has 1 saturated heterocycles. The van der Waals surface area contributed by atoms with E-state index in [0.29, 0.717) is 37.2 Å². The molecule has 2 heterocycles. The van der Waals surface area contributed by atoms with Gasteiger partial charge in [0.25, 0.3) is 5.91 Å². The van der Waals surface area contributed by atoms with Gasteiger partial charge in [-0.2, -0.15) is 0 Å². The predicted octanol–water partition coefficient (Wildman–Crippen LogP) is 4.62. The summed E-state index contributed by atoms with van der Waals surface area (Å²) in [5.41, 5.74) is 6.28. The molecule has 1 fully saturated rings. The number of amides is 3. The predicted molar refractivity (Wildman–Crippen MR) is 150 cm³/mol. The summed E-state index contributed by atoms with van der Waals surface area (Å²) in [5.74, 6) is -0.0664. The topological polar surface area (TPSA) is 81.8 Å². The number of hydrogen-bond donors (Lipinski definition) is 2. The summed E-state index contributed by atoms with van der Waals surface area (Å²) in [7, 11) is 1.77. The van der Waals surface area contributed by atoms with Crippen molar-refractivity contribution in [3.05, 3.63) is 83.4 Å². The van der Waals surface area contributed by atoms with Gasteiger partial charge in [-0.15, -0.1) is 0 Å². The number of rotatable bonds is 7. The molecule has 1 atom stereocenters. The maximum atomic E-state index is 13.4. The Morgan fingerprint density at radius 3 is 2.61 bits per heavy atom. The zero-order chi connectivity index (χ0) is 26.6. The van der Waals surface area contributed by atoms with Crippen molar-refractivity contribution in [2.75, 3.05) is 30.4 Å². The van der Waals surface area contributed by atoms with Crippen LogP contribution in [0, 0.1) is 0 Å². The first kappa shape index (κ1) is 25.7. The lowest BCUT2D eigenvalue weighted by molar-refractivity contribution is -0.125. The van der Waals surface area contributed by atoms with Gasteiger partial charge in [0.15, 0.2) is 0 Å². The van der Waals surface area contributed by atoms with E-state index in [1.54, 1.807) is 11.9 Å². The lowest BCUT2D eigenvalue weighted by Crippen LogP contribution is -2.42. The number of hydrogen-bond acceptors (Lipinski definition) is 4. The third-order valence-electron chi connectivity index (χ3n) is 7.53. The molecule has 3 amide bonds. The van der Waals surface area contributed by atoms with E-state index in [1.807, 2.05) is 61.5 Å². The lowest BCUT2D eigenvalue weighted by Gasteiger charge is -2.26. The quantitative estimate of drug-likeness (QED) is 0.486. The second-order valence-corrected chi connectivity index (χ2v) is 10.0. The van der Waals surface area contributed by atoms with Gasteiger partial charge in [-0.3, -0.25) is 19.3 Å². The largest absolute Gasteiger partial charge is 0.355 e. The Hall–Kier alpha value is -3.97. The van der Waals surface area contributed by atoms with E-state index in [1.165, 1.54) is 0 Å². The molecule has 5 rings (SSSR count). The number of fused-ring (bicyclic) bond motifs is 1. The van der Waals surface area contributed by atoms with E-state index in [4.69, 9.17) is 0 Å². The lowest BCUT2D eigenvalue weighted by atomic mass is 9.96. The number of likely N-dealkylation sites (tertiary alicyclic amines) is 1.